The molecule has 1 heterocycles. The minimum atomic E-state index is -3.70. The summed E-state index contributed by atoms with van der Waals surface area (Å²) in [6.45, 7) is 3.21. The van der Waals surface area contributed by atoms with Gasteiger partial charge in [-0.25, -0.2) is 0 Å². The summed E-state index contributed by atoms with van der Waals surface area (Å²) in [6, 6.07) is 5.81. The molecule has 106 valence electrons. The zero-order valence-electron chi connectivity index (χ0n) is 10.9. The minimum absolute atomic E-state index is 0.105. The van der Waals surface area contributed by atoms with Crippen LogP contribution in [0.3, 0.4) is 0 Å². The quantitative estimate of drug-likeness (QED) is 0.925. The summed E-state index contributed by atoms with van der Waals surface area (Å²) >= 11 is 0. The minimum Gasteiger partial charge on any atom is -0.395 e. The smallest absolute Gasteiger partial charge is 0.395 e. The van der Waals surface area contributed by atoms with E-state index in [4.69, 9.17) is 5.26 Å². The number of benzene rings is 1. The number of alkyl halides is 2. The van der Waals surface area contributed by atoms with Crippen LogP contribution in [-0.4, -0.2) is 12.2 Å². The SMILES string of the molecule is CCC(C)(C#N)C(=O)Nc1ccc2c(c1)OC(F)(F)O2. The zero-order chi connectivity index (χ0) is 15.0. The second-order valence-corrected chi connectivity index (χ2v) is 4.58. The Balaban J connectivity index is 2.18. The summed E-state index contributed by atoms with van der Waals surface area (Å²) < 4.78 is 34.2. The Bertz CT molecular complexity index is 598. The number of fused-ring (bicyclic) bond motifs is 1. The summed E-state index contributed by atoms with van der Waals surface area (Å²) in [4.78, 5) is 12.0. The van der Waals surface area contributed by atoms with Gasteiger partial charge in [-0.05, 0) is 25.5 Å². The number of carbonyl (C=O) groups excluding carboxylic acids is 1. The first-order valence-corrected chi connectivity index (χ1v) is 5.92. The standard InChI is InChI=1S/C13H12F2N2O3/c1-3-12(2,7-16)11(18)17-8-4-5-9-10(6-8)20-13(14,15)19-9/h4-6H,3H2,1-2H3,(H,17,18). The van der Waals surface area contributed by atoms with Gasteiger partial charge in [-0.15, -0.1) is 8.78 Å². The van der Waals surface area contributed by atoms with Crippen molar-refractivity contribution < 1.29 is 23.0 Å². The average Bonchev–Trinajstić information content (AvgIpc) is 2.70. The van der Waals surface area contributed by atoms with Gasteiger partial charge in [-0.1, -0.05) is 6.92 Å². The van der Waals surface area contributed by atoms with E-state index in [0.29, 0.717) is 6.42 Å². The van der Waals surface area contributed by atoms with Crippen LogP contribution in [0.25, 0.3) is 0 Å². The van der Waals surface area contributed by atoms with Crippen molar-refractivity contribution in [3.63, 3.8) is 0 Å². The van der Waals surface area contributed by atoms with Crippen LogP contribution in [0.4, 0.5) is 14.5 Å². The lowest BCUT2D eigenvalue weighted by Gasteiger charge is -2.18. The molecule has 0 radical (unpaired) electrons. The maximum Gasteiger partial charge on any atom is 0.586 e. The number of rotatable bonds is 3. The van der Waals surface area contributed by atoms with Gasteiger partial charge in [0.1, 0.15) is 5.41 Å². The van der Waals surface area contributed by atoms with Crippen molar-refractivity contribution >= 4 is 11.6 Å². The van der Waals surface area contributed by atoms with E-state index >= 15 is 0 Å². The lowest BCUT2D eigenvalue weighted by Crippen LogP contribution is -2.31. The molecule has 1 N–H and O–H groups in total. The van der Waals surface area contributed by atoms with Crippen LogP contribution in [0.15, 0.2) is 18.2 Å². The van der Waals surface area contributed by atoms with E-state index in [0.717, 1.165) is 0 Å². The molecule has 0 saturated carbocycles. The van der Waals surface area contributed by atoms with Crippen molar-refractivity contribution in [2.24, 2.45) is 5.41 Å². The van der Waals surface area contributed by atoms with Crippen molar-refractivity contribution in [2.75, 3.05) is 5.32 Å². The largest absolute Gasteiger partial charge is 0.586 e. The molecule has 0 saturated heterocycles. The Morgan fingerprint density at radius 2 is 2.10 bits per heavy atom. The molecule has 1 aromatic rings. The highest BCUT2D eigenvalue weighted by Gasteiger charge is 2.43. The molecule has 1 aromatic carbocycles. The summed E-state index contributed by atoms with van der Waals surface area (Å²) in [5.41, 5.74) is -0.926. The molecule has 2 rings (SSSR count). The van der Waals surface area contributed by atoms with Gasteiger partial charge in [0.25, 0.3) is 0 Å². The predicted molar refractivity (Wildman–Crippen MR) is 65.3 cm³/mol. The molecule has 1 amide bonds. The van der Waals surface area contributed by atoms with Crippen molar-refractivity contribution in [3.05, 3.63) is 18.2 Å². The van der Waals surface area contributed by atoms with Gasteiger partial charge < -0.3 is 14.8 Å². The topological polar surface area (TPSA) is 71.4 Å². The molecule has 20 heavy (non-hydrogen) atoms. The van der Waals surface area contributed by atoms with E-state index < -0.39 is 17.6 Å². The predicted octanol–water partition coefficient (Wildman–Crippen LogP) is 2.89. The maximum atomic E-state index is 12.9. The summed E-state index contributed by atoms with van der Waals surface area (Å²) in [7, 11) is 0. The van der Waals surface area contributed by atoms with Crippen LogP contribution in [0.1, 0.15) is 20.3 Å². The highest BCUT2D eigenvalue weighted by atomic mass is 19.3. The first kappa shape index (κ1) is 14.1. The molecular weight excluding hydrogens is 270 g/mol. The zero-order valence-corrected chi connectivity index (χ0v) is 10.9. The van der Waals surface area contributed by atoms with Crippen LogP contribution in [-0.2, 0) is 4.79 Å². The Labute approximate surface area is 114 Å². The van der Waals surface area contributed by atoms with Gasteiger partial charge in [0.05, 0.1) is 6.07 Å². The molecule has 0 fully saturated rings. The third kappa shape index (κ3) is 2.50. The number of halogens is 2. The van der Waals surface area contributed by atoms with Crippen LogP contribution < -0.4 is 14.8 Å². The third-order valence-electron chi connectivity index (χ3n) is 3.11. The van der Waals surface area contributed by atoms with Crippen LogP contribution in [0.5, 0.6) is 11.5 Å². The number of carbonyl (C=O) groups is 1. The second kappa shape index (κ2) is 4.63. The highest BCUT2D eigenvalue weighted by molar-refractivity contribution is 5.97. The fraction of sp³-hybridized carbons (Fsp3) is 0.385. The van der Waals surface area contributed by atoms with Gasteiger partial charge in [-0.3, -0.25) is 4.79 Å². The van der Waals surface area contributed by atoms with E-state index in [-0.39, 0.29) is 17.2 Å². The lowest BCUT2D eigenvalue weighted by molar-refractivity contribution is -0.286. The molecule has 1 aliphatic rings. The van der Waals surface area contributed by atoms with Gasteiger partial charge in [0.15, 0.2) is 11.5 Å². The number of nitrogens with one attached hydrogen (secondary N) is 1. The Morgan fingerprint density at radius 1 is 1.45 bits per heavy atom. The molecule has 1 atom stereocenters. The third-order valence-corrected chi connectivity index (χ3v) is 3.11. The molecule has 0 aliphatic carbocycles. The molecule has 7 heteroatoms. The van der Waals surface area contributed by atoms with E-state index in [9.17, 15) is 13.6 Å². The number of nitrogens with zero attached hydrogens (tertiary/aromatic N) is 1. The number of anilines is 1. The van der Waals surface area contributed by atoms with Crippen LogP contribution in [0.2, 0.25) is 0 Å². The van der Waals surface area contributed by atoms with Gasteiger partial charge in [0.2, 0.25) is 5.91 Å². The Hall–Kier alpha value is -2.36. The van der Waals surface area contributed by atoms with Crippen molar-refractivity contribution in [1.82, 2.24) is 0 Å². The molecule has 0 spiro atoms. The first-order valence-electron chi connectivity index (χ1n) is 5.92. The molecule has 0 bridgehead atoms. The maximum absolute atomic E-state index is 12.9. The van der Waals surface area contributed by atoms with Crippen molar-refractivity contribution in [2.45, 2.75) is 26.6 Å². The van der Waals surface area contributed by atoms with Crippen LogP contribution in [0, 0.1) is 16.7 Å². The van der Waals surface area contributed by atoms with Gasteiger partial charge >= 0.3 is 6.29 Å². The van der Waals surface area contributed by atoms with Gasteiger partial charge in [-0.2, -0.15) is 5.26 Å². The van der Waals surface area contributed by atoms with E-state index in [2.05, 4.69) is 14.8 Å². The Kier molecular flexibility index (Phi) is 3.26. The summed E-state index contributed by atoms with van der Waals surface area (Å²) in [5.74, 6) is -0.775. The fourth-order valence-electron chi connectivity index (χ4n) is 1.59. The van der Waals surface area contributed by atoms with E-state index in [1.54, 1.807) is 6.92 Å². The molecule has 1 unspecified atom stereocenters. The van der Waals surface area contributed by atoms with E-state index in [1.165, 1.54) is 25.1 Å². The summed E-state index contributed by atoms with van der Waals surface area (Å²) in [5, 5.41) is 11.5. The van der Waals surface area contributed by atoms with E-state index in [1.807, 2.05) is 6.07 Å². The number of amides is 1. The van der Waals surface area contributed by atoms with Crippen molar-refractivity contribution in [3.8, 4) is 17.6 Å². The van der Waals surface area contributed by atoms with Gasteiger partial charge in [0, 0.05) is 11.8 Å². The molecule has 5 nitrogen and oxygen atoms in total. The molecule has 1 aliphatic heterocycles. The second-order valence-electron chi connectivity index (χ2n) is 4.58. The molecule has 0 aromatic heterocycles. The fourth-order valence-corrected chi connectivity index (χ4v) is 1.59. The lowest BCUT2D eigenvalue weighted by atomic mass is 9.88. The number of nitriles is 1. The number of ether oxygens (including phenoxy) is 2. The Morgan fingerprint density at radius 3 is 2.70 bits per heavy atom. The normalized spacial score (nSPS) is 17.9. The average molecular weight is 282 g/mol. The first-order chi connectivity index (χ1) is 9.29. The monoisotopic (exact) mass is 282 g/mol. The molecular formula is C13H12F2N2O3. The summed E-state index contributed by atoms with van der Waals surface area (Å²) in [6.07, 6.45) is -3.37. The van der Waals surface area contributed by atoms with Crippen molar-refractivity contribution in [1.29, 1.82) is 5.26 Å². The number of hydrogen-bond donors (Lipinski definition) is 1. The number of hydrogen-bond acceptors (Lipinski definition) is 4. The highest BCUT2D eigenvalue weighted by Crippen LogP contribution is 2.42. The van der Waals surface area contributed by atoms with Crippen LogP contribution >= 0.6 is 0 Å².